The Hall–Kier alpha value is -4.71. The van der Waals surface area contributed by atoms with Crippen LogP contribution in [0.15, 0.2) is 102 Å². The number of benzene rings is 3. The van der Waals surface area contributed by atoms with Gasteiger partial charge in [0, 0.05) is 52.9 Å². The molecule has 170 valence electrons. The maximum absolute atomic E-state index is 11.0. The Labute approximate surface area is 201 Å². The van der Waals surface area contributed by atoms with Gasteiger partial charge in [-0.15, -0.1) is 0 Å². The van der Waals surface area contributed by atoms with Crippen molar-refractivity contribution in [3.05, 3.63) is 118 Å². The van der Waals surface area contributed by atoms with Gasteiger partial charge in [-0.1, -0.05) is 24.3 Å². The highest BCUT2D eigenvalue weighted by Crippen LogP contribution is 2.30. The average Bonchev–Trinajstić information content (AvgIpc) is 2.90. The lowest BCUT2D eigenvalue weighted by atomic mass is 10.1. The van der Waals surface area contributed by atoms with Gasteiger partial charge in [-0.2, -0.15) is 4.57 Å². The van der Waals surface area contributed by atoms with Crippen molar-refractivity contribution in [3.63, 3.8) is 0 Å². The van der Waals surface area contributed by atoms with E-state index in [0.29, 0.717) is 5.76 Å². The molecule has 0 unspecified atom stereocenters. The molecule has 0 aliphatic carbocycles. The molecule has 6 rings (SSSR count). The van der Waals surface area contributed by atoms with Gasteiger partial charge in [-0.3, -0.25) is 10.1 Å². The van der Waals surface area contributed by atoms with Gasteiger partial charge in [-0.05, 0) is 48.5 Å². The third-order valence-electron chi connectivity index (χ3n) is 6.41. The molecule has 0 amide bonds. The van der Waals surface area contributed by atoms with Crippen LogP contribution in [0.2, 0.25) is 0 Å². The number of nitrogens with zero attached hydrogens (tertiary/aromatic N) is 3. The van der Waals surface area contributed by atoms with E-state index in [1.54, 1.807) is 12.1 Å². The van der Waals surface area contributed by atoms with Crippen molar-refractivity contribution >= 4 is 33.6 Å². The summed E-state index contributed by atoms with van der Waals surface area (Å²) in [5.74, 6) is 0.639. The minimum absolute atomic E-state index is 0.0542. The first-order valence-electron chi connectivity index (χ1n) is 11.5. The van der Waals surface area contributed by atoms with E-state index in [9.17, 15) is 10.1 Å². The molecule has 2 aliphatic rings. The first-order valence-corrected chi connectivity index (χ1v) is 11.5. The highest BCUT2D eigenvalue weighted by Gasteiger charge is 2.16. The number of aryl methyl sites for hydroxylation is 1. The minimum Gasteiger partial charge on any atom is -0.453 e. The van der Waals surface area contributed by atoms with Crippen LogP contribution in [0.3, 0.4) is 0 Å². The van der Waals surface area contributed by atoms with Gasteiger partial charge in [-0.25, -0.2) is 0 Å². The van der Waals surface area contributed by atoms with Crippen molar-refractivity contribution in [2.75, 3.05) is 0 Å². The van der Waals surface area contributed by atoms with Gasteiger partial charge in [0.15, 0.2) is 11.3 Å². The summed E-state index contributed by atoms with van der Waals surface area (Å²) in [6, 6.07) is 27.3. The second-order valence-electron chi connectivity index (χ2n) is 8.44. The lowest BCUT2D eigenvalue weighted by molar-refractivity contribution is -0.669. The Kier molecular flexibility index (Phi) is 4.92. The zero-order chi connectivity index (χ0) is 23.9. The fraction of sp³-hybridized carbons (Fsp3) is 0.0690. The van der Waals surface area contributed by atoms with E-state index in [2.05, 4.69) is 70.7 Å². The highest BCUT2D eigenvalue weighted by molar-refractivity contribution is 5.85. The van der Waals surface area contributed by atoms with Crippen molar-refractivity contribution in [2.45, 2.75) is 13.5 Å². The van der Waals surface area contributed by atoms with Crippen LogP contribution in [0, 0.1) is 10.1 Å². The van der Waals surface area contributed by atoms with Crippen LogP contribution in [-0.4, -0.2) is 9.49 Å². The lowest BCUT2D eigenvalue weighted by Gasteiger charge is -2.16. The van der Waals surface area contributed by atoms with Gasteiger partial charge in [0.1, 0.15) is 6.54 Å². The number of aromatic nitrogens is 2. The summed E-state index contributed by atoms with van der Waals surface area (Å²) in [6.07, 6.45) is 6.17. The number of para-hydroxylation sites is 2. The Bertz CT molecular complexity index is 1760. The predicted molar refractivity (Wildman–Crippen MR) is 136 cm³/mol. The van der Waals surface area contributed by atoms with Crippen molar-refractivity contribution in [3.8, 4) is 17.0 Å². The van der Waals surface area contributed by atoms with Crippen LogP contribution in [0.1, 0.15) is 12.6 Å². The van der Waals surface area contributed by atoms with Crippen molar-refractivity contribution in [2.24, 2.45) is 0 Å². The molecule has 6 heteroatoms. The molecule has 0 saturated carbocycles. The van der Waals surface area contributed by atoms with Crippen LogP contribution in [0.25, 0.3) is 45.0 Å². The molecule has 3 aromatic carbocycles. The first kappa shape index (κ1) is 20.9. The largest absolute Gasteiger partial charge is 0.453 e. The third-order valence-corrected chi connectivity index (χ3v) is 6.41. The number of nitro groups is 1. The van der Waals surface area contributed by atoms with E-state index in [1.807, 2.05) is 24.5 Å². The molecule has 0 N–H and O–H groups in total. The number of rotatable bonds is 4. The smallest absolute Gasteiger partial charge is 0.269 e. The van der Waals surface area contributed by atoms with Crippen LogP contribution in [0.5, 0.6) is 0 Å². The quantitative estimate of drug-likeness (QED) is 0.190. The fourth-order valence-electron chi connectivity index (χ4n) is 4.73. The Morgan fingerprint density at radius 1 is 0.971 bits per heavy atom. The molecule has 0 bridgehead atoms. The monoisotopic (exact) mass is 460 g/mol. The van der Waals surface area contributed by atoms with E-state index >= 15 is 0 Å². The van der Waals surface area contributed by atoms with Crippen LogP contribution in [0.4, 0.5) is 5.69 Å². The maximum atomic E-state index is 11.0. The summed E-state index contributed by atoms with van der Waals surface area (Å²) in [6.45, 7) is 3.03. The predicted octanol–water partition coefficient (Wildman–Crippen LogP) is 5.81. The molecule has 0 fully saturated rings. The maximum Gasteiger partial charge on any atom is 0.269 e. The lowest BCUT2D eigenvalue weighted by Crippen LogP contribution is -2.37. The van der Waals surface area contributed by atoms with E-state index in [-0.39, 0.29) is 5.69 Å². The molecule has 1 aromatic heterocycles. The van der Waals surface area contributed by atoms with Gasteiger partial charge < -0.3 is 8.98 Å². The molecule has 3 heterocycles. The Morgan fingerprint density at radius 2 is 1.80 bits per heavy atom. The normalized spacial score (nSPS) is 12.1. The number of hydrogen-bond donors (Lipinski definition) is 0. The Balaban J connectivity index is 1.53. The summed E-state index contributed by atoms with van der Waals surface area (Å²) in [4.78, 5) is 10.6. The summed E-state index contributed by atoms with van der Waals surface area (Å²) >= 11 is 0. The Morgan fingerprint density at radius 3 is 2.60 bits per heavy atom. The molecule has 2 aliphatic heterocycles. The van der Waals surface area contributed by atoms with Crippen LogP contribution >= 0.6 is 0 Å². The first-order chi connectivity index (χ1) is 17.1. The number of pyridine rings is 2. The molecular weight excluding hydrogens is 438 g/mol. The van der Waals surface area contributed by atoms with Gasteiger partial charge in [0.2, 0.25) is 11.2 Å². The van der Waals surface area contributed by atoms with Crippen LogP contribution < -0.4 is 9.79 Å². The molecule has 0 spiro atoms. The highest BCUT2D eigenvalue weighted by atomic mass is 16.6. The molecule has 6 nitrogen and oxygen atoms in total. The number of nitro benzene ring substituents is 1. The van der Waals surface area contributed by atoms with Crippen molar-refractivity contribution in [1.29, 1.82) is 0 Å². The van der Waals surface area contributed by atoms with Crippen molar-refractivity contribution < 1.29 is 13.9 Å². The zero-order valence-corrected chi connectivity index (χ0v) is 19.1. The summed E-state index contributed by atoms with van der Waals surface area (Å²) in [5.41, 5.74) is 4.90. The molecule has 0 atom stereocenters. The molecule has 35 heavy (non-hydrogen) atoms. The number of fused-ring (bicyclic) bond motifs is 1. The van der Waals surface area contributed by atoms with E-state index in [1.165, 1.54) is 23.0 Å². The van der Waals surface area contributed by atoms with Crippen molar-refractivity contribution in [1.82, 2.24) is 4.57 Å². The second-order valence-corrected chi connectivity index (χ2v) is 8.44. The minimum atomic E-state index is -0.402. The van der Waals surface area contributed by atoms with Crippen LogP contribution in [-0.2, 0) is 6.54 Å². The summed E-state index contributed by atoms with van der Waals surface area (Å²) in [7, 11) is 0. The number of non-ortho nitro benzene ring substituents is 1. The molecule has 0 radical (unpaired) electrons. The van der Waals surface area contributed by atoms with E-state index in [0.717, 1.165) is 39.7 Å². The topological polar surface area (TPSA) is 65.1 Å². The van der Waals surface area contributed by atoms with E-state index < -0.39 is 4.92 Å². The second kappa shape index (κ2) is 8.25. The molecule has 4 aromatic rings. The third kappa shape index (κ3) is 3.56. The standard InChI is InChI=1S/C29H22N3O3/c1-2-31-24(15-10-20-6-3-4-8-26(20)31)18-22-16-17-30-19-28(21-11-13-23(14-12-21)32(33)34)35-27-9-5-7-25(22)29(27)30/h3-19H,2H2,1H3/q+1. The average molecular weight is 461 g/mol. The van der Waals surface area contributed by atoms with Gasteiger partial charge >= 0.3 is 0 Å². The van der Waals surface area contributed by atoms with Gasteiger partial charge in [0.05, 0.1) is 16.8 Å². The zero-order valence-electron chi connectivity index (χ0n) is 19.1. The molecular formula is C29H22N3O3+. The number of hydrogen-bond acceptors (Lipinski definition) is 3. The SMILES string of the molecule is CC[n+]1c(/C=c2/ccn3cc(-c4ccc([N+](=O)[O-])cc4)oc4cccc2c4-3)ccc2ccccc21. The molecule has 0 saturated heterocycles. The summed E-state index contributed by atoms with van der Waals surface area (Å²) in [5, 5.41) is 14.4. The van der Waals surface area contributed by atoms with E-state index in [4.69, 9.17) is 4.42 Å². The van der Waals surface area contributed by atoms with Gasteiger partial charge in [0.25, 0.3) is 5.69 Å². The summed E-state index contributed by atoms with van der Waals surface area (Å²) < 4.78 is 10.6. The fourth-order valence-corrected chi connectivity index (χ4v) is 4.73.